The molecule has 0 aliphatic carbocycles. The highest BCUT2D eigenvalue weighted by Gasteiger charge is 2.34. The summed E-state index contributed by atoms with van der Waals surface area (Å²) in [7, 11) is 0. The lowest BCUT2D eigenvalue weighted by molar-refractivity contribution is -0.137. The first-order valence-electron chi connectivity index (χ1n) is 12.4. The minimum Gasteiger partial charge on any atom is -0.489 e. The largest absolute Gasteiger partial charge is 0.489 e. The number of carbonyl (C=O) groups excluding carboxylic acids is 2. The number of anilines is 2. The highest BCUT2D eigenvalue weighted by Crippen LogP contribution is 2.34. The van der Waals surface area contributed by atoms with Crippen molar-refractivity contribution >= 4 is 23.6 Å². The fraction of sp³-hybridized carbons (Fsp3) is 0.480. The predicted molar refractivity (Wildman–Crippen MR) is 131 cm³/mol. The molecule has 1 aromatic carbocycles. The van der Waals surface area contributed by atoms with Gasteiger partial charge in [-0.1, -0.05) is 13.3 Å². The van der Waals surface area contributed by atoms with Gasteiger partial charge < -0.3 is 26.0 Å². The lowest BCUT2D eigenvalue weighted by Gasteiger charge is -2.39. The molecule has 0 saturated carbocycles. The van der Waals surface area contributed by atoms with Gasteiger partial charge in [0.15, 0.2) is 0 Å². The van der Waals surface area contributed by atoms with Crippen LogP contribution < -0.4 is 26.0 Å². The van der Waals surface area contributed by atoms with Gasteiger partial charge in [0.05, 0.1) is 11.1 Å². The van der Waals surface area contributed by atoms with Gasteiger partial charge in [-0.05, 0) is 31.0 Å². The second-order valence-corrected chi connectivity index (χ2v) is 9.30. The van der Waals surface area contributed by atoms with Gasteiger partial charge in [0, 0.05) is 38.0 Å². The van der Waals surface area contributed by atoms with Gasteiger partial charge >= 0.3 is 6.18 Å². The average Bonchev–Trinajstić information content (AvgIpc) is 3.27. The maximum Gasteiger partial charge on any atom is 0.416 e. The third-order valence-electron chi connectivity index (χ3n) is 6.61. The molecule has 4 rings (SSSR count). The molecule has 0 unspecified atom stereocenters. The Balaban J connectivity index is 1.55. The Labute approximate surface area is 217 Å². The van der Waals surface area contributed by atoms with E-state index in [4.69, 9.17) is 10.5 Å². The number of benzene rings is 1. The van der Waals surface area contributed by atoms with Gasteiger partial charge in [-0.2, -0.15) is 23.4 Å². The first kappa shape index (κ1) is 27.0. The van der Waals surface area contributed by atoms with E-state index in [0.717, 1.165) is 25.0 Å². The van der Waals surface area contributed by atoms with E-state index in [2.05, 4.69) is 20.6 Å². The molecule has 1 aromatic heterocycles. The standard InChI is InChI=1S/C25H28F3N7O3/c1-2-3-16-11-17(38-20-5-4-15(25(26,27)28)10-14(20)13-29)7-9-35(16)24-33-19(22(30)36)12-21(34-24)32-18-6-8-31-23(18)37/h4-5,10,12,16-18H,2-3,6-9,11H2,1H3,(H2,30,36)(H,31,37)(H,32,33,34)/t16-,17-,18-/m0/s1. The van der Waals surface area contributed by atoms with Crippen molar-refractivity contribution in [2.75, 3.05) is 23.3 Å². The van der Waals surface area contributed by atoms with Crippen LogP contribution in [0, 0.1) is 11.3 Å². The fourth-order valence-electron chi connectivity index (χ4n) is 4.74. The normalized spacial score (nSPS) is 21.5. The maximum absolute atomic E-state index is 13.1. The summed E-state index contributed by atoms with van der Waals surface area (Å²) >= 11 is 0. The van der Waals surface area contributed by atoms with Crippen LogP contribution in [0.1, 0.15) is 60.6 Å². The maximum atomic E-state index is 13.1. The lowest BCUT2D eigenvalue weighted by Crippen LogP contribution is -2.47. The summed E-state index contributed by atoms with van der Waals surface area (Å²) in [5, 5.41) is 15.2. The Kier molecular flexibility index (Phi) is 7.89. The van der Waals surface area contributed by atoms with Crippen molar-refractivity contribution in [3.63, 3.8) is 0 Å². The molecule has 0 spiro atoms. The van der Waals surface area contributed by atoms with Gasteiger partial charge in [0.1, 0.15) is 35.5 Å². The van der Waals surface area contributed by atoms with E-state index in [0.29, 0.717) is 38.2 Å². The molecule has 0 bridgehead atoms. The molecule has 10 nitrogen and oxygen atoms in total. The van der Waals surface area contributed by atoms with Crippen molar-refractivity contribution in [1.29, 1.82) is 5.26 Å². The van der Waals surface area contributed by atoms with Crippen LogP contribution in [-0.2, 0) is 11.0 Å². The number of amides is 2. The number of ether oxygens (including phenoxy) is 1. The average molecular weight is 532 g/mol. The third-order valence-corrected chi connectivity index (χ3v) is 6.61. The van der Waals surface area contributed by atoms with Crippen molar-refractivity contribution < 1.29 is 27.5 Å². The zero-order valence-corrected chi connectivity index (χ0v) is 20.7. The van der Waals surface area contributed by atoms with Gasteiger partial charge in [0.2, 0.25) is 11.9 Å². The SMILES string of the molecule is CCC[C@H]1C[C@@H](Oc2ccc(C(F)(F)F)cc2C#N)CCN1c1nc(N[C@H]2CCNC2=O)cc(C(N)=O)n1. The molecular formula is C25H28F3N7O3. The third kappa shape index (κ3) is 6.07. The number of nitriles is 1. The van der Waals surface area contributed by atoms with E-state index in [1.165, 1.54) is 12.1 Å². The number of alkyl halides is 3. The molecule has 2 fully saturated rings. The number of carbonyl (C=O) groups is 2. The van der Waals surface area contributed by atoms with Gasteiger partial charge in [-0.15, -0.1) is 0 Å². The van der Waals surface area contributed by atoms with Crippen LogP contribution in [-0.4, -0.2) is 53.1 Å². The number of aromatic nitrogens is 2. The molecular weight excluding hydrogens is 503 g/mol. The number of rotatable bonds is 8. The van der Waals surface area contributed by atoms with Crippen molar-refractivity contribution in [3.05, 3.63) is 41.1 Å². The van der Waals surface area contributed by atoms with Gasteiger partial charge in [0.25, 0.3) is 5.91 Å². The quantitative estimate of drug-likeness (QED) is 0.471. The molecule has 2 aliphatic heterocycles. The topological polar surface area (TPSA) is 146 Å². The molecule has 0 radical (unpaired) electrons. The minimum atomic E-state index is -4.56. The summed E-state index contributed by atoms with van der Waals surface area (Å²) in [4.78, 5) is 34.9. The zero-order chi connectivity index (χ0) is 27.4. The van der Waals surface area contributed by atoms with Crippen molar-refractivity contribution in [2.24, 2.45) is 5.73 Å². The summed E-state index contributed by atoms with van der Waals surface area (Å²) in [6.45, 7) is 2.98. The molecule has 3 atom stereocenters. The number of hydrogen-bond donors (Lipinski definition) is 3. The van der Waals surface area contributed by atoms with Crippen LogP contribution >= 0.6 is 0 Å². The summed E-state index contributed by atoms with van der Waals surface area (Å²) in [6, 6.07) is 5.48. The first-order chi connectivity index (χ1) is 18.1. The van der Waals surface area contributed by atoms with Gasteiger partial charge in [-0.25, -0.2) is 4.98 Å². The van der Waals surface area contributed by atoms with E-state index < -0.39 is 23.7 Å². The molecule has 38 heavy (non-hydrogen) atoms. The fourth-order valence-corrected chi connectivity index (χ4v) is 4.74. The summed E-state index contributed by atoms with van der Waals surface area (Å²) < 4.78 is 45.2. The monoisotopic (exact) mass is 531 g/mol. The molecule has 202 valence electrons. The van der Waals surface area contributed by atoms with E-state index in [1.807, 2.05) is 11.8 Å². The molecule has 2 aliphatic rings. The number of halogens is 3. The Hall–Kier alpha value is -4.08. The van der Waals surface area contributed by atoms with Crippen LogP contribution in [0.2, 0.25) is 0 Å². The molecule has 2 amide bonds. The zero-order valence-electron chi connectivity index (χ0n) is 20.7. The highest BCUT2D eigenvalue weighted by molar-refractivity contribution is 5.92. The Morgan fingerprint density at radius 3 is 2.74 bits per heavy atom. The Bertz CT molecular complexity index is 1250. The van der Waals surface area contributed by atoms with E-state index in [9.17, 15) is 28.0 Å². The highest BCUT2D eigenvalue weighted by atomic mass is 19.4. The molecule has 3 heterocycles. The van der Waals surface area contributed by atoms with Crippen LogP contribution in [0.4, 0.5) is 24.9 Å². The lowest BCUT2D eigenvalue weighted by atomic mass is 9.96. The number of nitrogens with one attached hydrogen (secondary N) is 2. The molecule has 13 heteroatoms. The van der Waals surface area contributed by atoms with Crippen molar-refractivity contribution in [2.45, 2.75) is 63.4 Å². The second kappa shape index (κ2) is 11.1. The molecule has 2 saturated heterocycles. The number of hydrogen-bond acceptors (Lipinski definition) is 8. The van der Waals surface area contributed by atoms with Crippen molar-refractivity contribution in [3.8, 4) is 11.8 Å². The second-order valence-electron chi connectivity index (χ2n) is 9.30. The summed E-state index contributed by atoms with van der Waals surface area (Å²) in [5.74, 6) is -0.200. The van der Waals surface area contributed by atoms with Crippen LogP contribution in [0.25, 0.3) is 0 Å². The van der Waals surface area contributed by atoms with E-state index in [-0.39, 0.29) is 41.0 Å². The van der Waals surface area contributed by atoms with Gasteiger partial charge in [-0.3, -0.25) is 9.59 Å². The van der Waals surface area contributed by atoms with E-state index >= 15 is 0 Å². The number of nitrogens with zero attached hydrogens (tertiary/aromatic N) is 4. The Morgan fingerprint density at radius 1 is 1.32 bits per heavy atom. The van der Waals surface area contributed by atoms with Crippen LogP contribution in [0.5, 0.6) is 5.75 Å². The van der Waals surface area contributed by atoms with Crippen molar-refractivity contribution in [1.82, 2.24) is 15.3 Å². The Morgan fingerprint density at radius 2 is 2.11 bits per heavy atom. The summed E-state index contributed by atoms with van der Waals surface area (Å²) in [5.41, 5.74) is 4.43. The number of piperidine rings is 1. The minimum absolute atomic E-state index is 0.00736. The summed E-state index contributed by atoms with van der Waals surface area (Å²) in [6.07, 6.45) is -1.82. The predicted octanol–water partition coefficient (Wildman–Crippen LogP) is 2.98. The molecule has 4 N–H and O–H groups in total. The first-order valence-corrected chi connectivity index (χ1v) is 12.4. The number of nitrogens with two attached hydrogens (primary N) is 1. The molecule has 2 aromatic rings. The number of primary amides is 1. The van der Waals surface area contributed by atoms with E-state index in [1.54, 1.807) is 6.07 Å². The smallest absolute Gasteiger partial charge is 0.416 e. The van der Waals surface area contributed by atoms with Crippen LogP contribution in [0.15, 0.2) is 24.3 Å². The van der Waals surface area contributed by atoms with Crippen LogP contribution in [0.3, 0.4) is 0 Å².